The van der Waals surface area contributed by atoms with E-state index in [1.54, 1.807) is 0 Å². The monoisotopic (exact) mass is 260 g/mol. The summed E-state index contributed by atoms with van der Waals surface area (Å²) in [6, 6.07) is 5.60. The lowest BCUT2D eigenvalue weighted by atomic mass is 10.0. The molecular weight excluding hydrogens is 244 g/mol. The molecule has 0 saturated heterocycles. The number of H-pyrrole nitrogens is 1. The molecule has 1 aromatic carbocycles. The maximum atomic E-state index is 11.3. The predicted octanol–water partition coefficient (Wildman–Crippen LogP) is 1.67. The fourth-order valence-electron chi connectivity index (χ4n) is 1.80. The maximum absolute atomic E-state index is 11.3. The van der Waals surface area contributed by atoms with Crippen LogP contribution in [0.5, 0.6) is 5.75 Å². The molecule has 19 heavy (non-hydrogen) atoms. The minimum Gasteiger partial charge on any atom is -0.494 e. The number of hydrogen-bond acceptors (Lipinski definition) is 4. The Hall–Kier alpha value is -2.37. The molecule has 0 aliphatic carbocycles. The number of benzene rings is 1. The van der Waals surface area contributed by atoms with Gasteiger partial charge in [-0.3, -0.25) is 4.79 Å². The van der Waals surface area contributed by atoms with Gasteiger partial charge in [-0.2, -0.15) is 15.4 Å². The fraction of sp³-hybridized carbons (Fsp3) is 0.308. The number of nitrogens with one attached hydrogen (secondary N) is 1. The van der Waals surface area contributed by atoms with Crippen molar-refractivity contribution in [1.82, 2.24) is 15.4 Å². The molecule has 100 valence electrons. The van der Waals surface area contributed by atoms with Crippen molar-refractivity contribution < 1.29 is 9.53 Å². The maximum Gasteiger partial charge on any atom is 0.271 e. The summed E-state index contributed by atoms with van der Waals surface area (Å²) in [6.07, 6.45) is 0.954. The Morgan fingerprint density at radius 1 is 1.42 bits per heavy atom. The summed E-state index contributed by atoms with van der Waals surface area (Å²) in [5.41, 5.74) is 7.63. The van der Waals surface area contributed by atoms with Gasteiger partial charge in [-0.15, -0.1) is 0 Å². The second-order valence-electron chi connectivity index (χ2n) is 4.21. The van der Waals surface area contributed by atoms with E-state index < -0.39 is 5.91 Å². The van der Waals surface area contributed by atoms with Crippen LogP contribution < -0.4 is 10.5 Å². The number of carbonyl (C=O) groups is 1. The summed E-state index contributed by atoms with van der Waals surface area (Å²) in [5.74, 6) is 0.196. The number of aryl methyl sites for hydroxylation is 1. The zero-order valence-electron chi connectivity index (χ0n) is 10.9. The third kappa shape index (κ3) is 2.73. The molecule has 3 N–H and O–H groups in total. The summed E-state index contributed by atoms with van der Waals surface area (Å²) in [7, 11) is 0. The summed E-state index contributed by atoms with van der Waals surface area (Å²) < 4.78 is 5.55. The van der Waals surface area contributed by atoms with E-state index in [1.807, 2.05) is 25.1 Å². The first-order valence-electron chi connectivity index (χ1n) is 6.08. The average molecular weight is 260 g/mol. The predicted molar refractivity (Wildman–Crippen MR) is 70.9 cm³/mol. The average Bonchev–Trinajstić information content (AvgIpc) is 2.85. The molecule has 0 atom stereocenters. The lowest BCUT2D eigenvalue weighted by Gasteiger charge is -2.08. The van der Waals surface area contributed by atoms with Crippen LogP contribution in [-0.2, 0) is 0 Å². The third-order valence-electron chi connectivity index (χ3n) is 2.71. The molecule has 0 aliphatic rings. The molecule has 2 rings (SSSR count). The molecule has 0 bridgehead atoms. The second-order valence-corrected chi connectivity index (χ2v) is 4.21. The van der Waals surface area contributed by atoms with Crippen molar-refractivity contribution in [3.8, 4) is 17.0 Å². The molecule has 1 amide bonds. The molecule has 0 radical (unpaired) electrons. The molecule has 6 nitrogen and oxygen atoms in total. The smallest absolute Gasteiger partial charge is 0.271 e. The lowest BCUT2D eigenvalue weighted by Crippen LogP contribution is -2.13. The van der Waals surface area contributed by atoms with Crippen LogP contribution in [0.3, 0.4) is 0 Å². The van der Waals surface area contributed by atoms with Crippen LogP contribution in [0.4, 0.5) is 0 Å². The SMILES string of the molecule is CCCOc1ccc(-c2n[nH]nc2C(N)=O)c(C)c1. The molecule has 0 spiro atoms. The number of aromatic nitrogens is 3. The molecule has 6 heteroatoms. The van der Waals surface area contributed by atoms with Gasteiger partial charge in [-0.1, -0.05) is 6.92 Å². The van der Waals surface area contributed by atoms with Crippen molar-refractivity contribution in [1.29, 1.82) is 0 Å². The first kappa shape index (κ1) is 13.1. The number of amides is 1. The van der Waals surface area contributed by atoms with Crippen molar-refractivity contribution in [2.24, 2.45) is 5.73 Å². The van der Waals surface area contributed by atoms with E-state index in [9.17, 15) is 4.79 Å². The van der Waals surface area contributed by atoms with E-state index in [2.05, 4.69) is 22.3 Å². The molecule has 1 heterocycles. The van der Waals surface area contributed by atoms with Crippen LogP contribution in [0.1, 0.15) is 29.4 Å². The van der Waals surface area contributed by atoms with Gasteiger partial charge in [0.25, 0.3) is 5.91 Å². The Labute approximate surface area is 111 Å². The summed E-state index contributed by atoms with van der Waals surface area (Å²) in [4.78, 5) is 11.3. The van der Waals surface area contributed by atoms with Crippen LogP contribution in [0.2, 0.25) is 0 Å². The molecule has 1 aromatic heterocycles. The highest BCUT2D eigenvalue weighted by molar-refractivity contribution is 5.97. The van der Waals surface area contributed by atoms with Gasteiger partial charge in [-0.25, -0.2) is 0 Å². The van der Waals surface area contributed by atoms with Crippen molar-refractivity contribution in [3.05, 3.63) is 29.5 Å². The van der Waals surface area contributed by atoms with Crippen LogP contribution in [0.25, 0.3) is 11.3 Å². The van der Waals surface area contributed by atoms with Crippen LogP contribution in [-0.4, -0.2) is 27.9 Å². The highest BCUT2D eigenvalue weighted by Crippen LogP contribution is 2.27. The fourth-order valence-corrected chi connectivity index (χ4v) is 1.80. The van der Waals surface area contributed by atoms with Crippen molar-refractivity contribution >= 4 is 5.91 Å². The van der Waals surface area contributed by atoms with Gasteiger partial charge in [0.05, 0.1) is 6.61 Å². The number of carbonyl (C=O) groups excluding carboxylic acids is 1. The normalized spacial score (nSPS) is 10.4. The van der Waals surface area contributed by atoms with Gasteiger partial charge < -0.3 is 10.5 Å². The van der Waals surface area contributed by atoms with Gasteiger partial charge in [0, 0.05) is 5.56 Å². The lowest BCUT2D eigenvalue weighted by molar-refractivity contribution is 0.0996. The number of rotatable bonds is 5. The minimum atomic E-state index is -0.602. The Bertz CT molecular complexity index is 592. The molecule has 0 unspecified atom stereocenters. The van der Waals surface area contributed by atoms with Crippen LogP contribution in [0.15, 0.2) is 18.2 Å². The third-order valence-corrected chi connectivity index (χ3v) is 2.71. The summed E-state index contributed by atoms with van der Waals surface area (Å²) >= 11 is 0. The van der Waals surface area contributed by atoms with Gasteiger partial charge in [0.2, 0.25) is 0 Å². The van der Waals surface area contributed by atoms with Crippen molar-refractivity contribution in [3.63, 3.8) is 0 Å². The topological polar surface area (TPSA) is 93.9 Å². The highest BCUT2D eigenvalue weighted by Gasteiger charge is 2.16. The molecule has 2 aromatic rings. The van der Waals surface area contributed by atoms with Gasteiger partial charge in [-0.05, 0) is 37.1 Å². The Morgan fingerprint density at radius 2 is 2.21 bits per heavy atom. The van der Waals surface area contributed by atoms with E-state index in [1.165, 1.54) is 0 Å². The zero-order valence-corrected chi connectivity index (χ0v) is 10.9. The first-order valence-corrected chi connectivity index (χ1v) is 6.08. The molecule has 0 saturated carbocycles. The van der Waals surface area contributed by atoms with E-state index in [0.717, 1.165) is 23.3 Å². The van der Waals surface area contributed by atoms with Crippen LogP contribution >= 0.6 is 0 Å². The number of ether oxygens (including phenoxy) is 1. The number of primary amides is 1. The van der Waals surface area contributed by atoms with Gasteiger partial charge in [0.1, 0.15) is 11.4 Å². The van der Waals surface area contributed by atoms with E-state index >= 15 is 0 Å². The first-order chi connectivity index (χ1) is 9.13. The quantitative estimate of drug-likeness (QED) is 0.855. The highest BCUT2D eigenvalue weighted by atomic mass is 16.5. The number of nitrogens with two attached hydrogens (primary N) is 1. The Kier molecular flexibility index (Phi) is 3.79. The molecular formula is C13H16N4O2. The zero-order chi connectivity index (χ0) is 13.8. The van der Waals surface area contributed by atoms with E-state index in [4.69, 9.17) is 10.5 Å². The van der Waals surface area contributed by atoms with Crippen LogP contribution in [0, 0.1) is 6.92 Å². The standard InChI is InChI=1S/C13H16N4O2/c1-3-6-19-9-4-5-10(8(2)7-9)11-12(13(14)18)16-17-15-11/h4-5,7H,3,6H2,1-2H3,(H2,14,18)(H,15,16,17). The second kappa shape index (κ2) is 5.51. The number of nitrogens with zero attached hydrogens (tertiary/aromatic N) is 2. The summed E-state index contributed by atoms with van der Waals surface area (Å²) in [5, 5.41) is 10.2. The van der Waals surface area contributed by atoms with E-state index in [0.29, 0.717) is 12.3 Å². The van der Waals surface area contributed by atoms with Gasteiger partial charge in [0.15, 0.2) is 5.69 Å². The largest absolute Gasteiger partial charge is 0.494 e. The van der Waals surface area contributed by atoms with E-state index in [-0.39, 0.29) is 5.69 Å². The number of aromatic amines is 1. The molecule has 0 aliphatic heterocycles. The minimum absolute atomic E-state index is 0.144. The molecule has 0 fully saturated rings. The Balaban J connectivity index is 2.35. The summed E-state index contributed by atoms with van der Waals surface area (Å²) in [6.45, 7) is 4.65. The number of hydrogen-bond donors (Lipinski definition) is 2. The van der Waals surface area contributed by atoms with Crippen molar-refractivity contribution in [2.75, 3.05) is 6.61 Å². The Morgan fingerprint density at radius 3 is 2.84 bits per heavy atom. The van der Waals surface area contributed by atoms with Crippen molar-refractivity contribution in [2.45, 2.75) is 20.3 Å². The van der Waals surface area contributed by atoms with Gasteiger partial charge >= 0.3 is 0 Å².